The molecular formula is C8H7Cl3N+. The Bertz CT molecular complexity index is 250. The Hall–Kier alpha value is -0.110. The maximum atomic E-state index is 5.61. The average Bonchev–Trinajstić information content (AvgIpc) is 2.03. The zero-order valence-corrected chi connectivity index (χ0v) is 8.50. The Morgan fingerprint density at radius 3 is 2.33 bits per heavy atom. The fourth-order valence-electron chi connectivity index (χ4n) is 0.740. The Labute approximate surface area is 86.7 Å². The van der Waals surface area contributed by atoms with Crippen LogP contribution in [-0.4, -0.2) is 4.98 Å². The van der Waals surface area contributed by atoms with Gasteiger partial charge in [-0.3, -0.25) is 4.98 Å². The third kappa shape index (κ3) is 2.44. The van der Waals surface area contributed by atoms with Gasteiger partial charge in [-0.25, -0.2) is 0 Å². The van der Waals surface area contributed by atoms with Crippen LogP contribution < -0.4 is 0 Å². The summed E-state index contributed by atoms with van der Waals surface area (Å²) in [5.41, 5.74) is 1.46. The minimum absolute atomic E-state index is 0.435. The van der Waals surface area contributed by atoms with Crippen molar-refractivity contribution < 1.29 is 0 Å². The summed E-state index contributed by atoms with van der Waals surface area (Å²) in [6.45, 7) is 3.71. The van der Waals surface area contributed by atoms with Crippen molar-refractivity contribution in [3.05, 3.63) is 36.5 Å². The van der Waals surface area contributed by atoms with Gasteiger partial charge in [0.25, 0.3) is 0 Å². The molecule has 0 saturated carbocycles. The van der Waals surface area contributed by atoms with Gasteiger partial charge in [0.2, 0.25) is 3.79 Å². The van der Waals surface area contributed by atoms with E-state index in [4.69, 9.17) is 34.8 Å². The highest BCUT2D eigenvalue weighted by Gasteiger charge is 2.23. The van der Waals surface area contributed by atoms with E-state index in [-0.39, 0.29) is 0 Å². The topological polar surface area (TPSA) is 12.9 Å². The highest BCUT2D eigenvalue weighted by Crippen LogP contribution is 2.36. The molecule has 0 aliphatic rings. The Morgan fingerprint density at radius 2 is 2.00 bits per heavy atom. The summed E-state index contributed by atoms with van der Waals surface area (Å²) in [4.78, 5) is 3.98. The SMILES string of the molecule is [CH2+]Cc1ccc(C(Cl)(Cl)Cl)nc1. The lowest BCUT2D eigenvalue weighted by Crippen LogP contribution is -2.03. The number of pyridine rings is 1. The summed E-state index contributed by atoms with van der Waals surface area (Å²) in [5.74, 6) is 0. The molecule has 0 aromatic carbocycles. The van der Waals surface area contributed by atoms with Crippen molar-refractivity contribution in [2.24, 2.45) is 0 Å². The minimum atomic E-state index is -1.43. The predicted molar refractivity (Wildman–Crippen MR) is 52.5 cm³/mol. The van der Waals surface area contributed by atoms with Gasteiger partial charge in [-0.2, -0.15) is 0 Å². The normalized spacial score (nSPS) is 11.6. The van der Waals surface area contributed by atoms with Crippen molar-refractivity contribution in [2.75, 3.05) is 0 Å². The molecule has 0 aliphatic heterocycles. The van der Waals surface area contributed by atoms with E-state index in [1.807, 2.05) is 6.07 Å². The minimum Gasteiger partial charge on any atom is -0.256 e. The van der Waals surface area contributed by atoms with Crippen molar-refractivity contribution in [1.82, 2.24) is 4.98 Å². The molecule has 0 fully saturated rings. The molecule has 1 rings (SSSR count). The second-order valence-corrected chi connectivity index (χ2v) is 4.58. The zero-order chi connectivity index (χ0) is 9.19. The van der Waals surface area contributed by atoms with Crippen LogP contribution in [0.1, 0.15) is 11.3 Å². The van der Waals surface area contributed by atoms with Crippen LogP contribution >= 0.6 is 34.8 Å². The van der Waals surface area contributed by atoms with Gasteiger partial charge in [0, 0.05) is 11.8 Å². The van der Waals surface area contributed by atoms with Crippen LogP contribution in [0.2, 0.25) is 0 Å². The maximum Gasteiger partial charge on any atom is 0.232 e. The summed E-state index contributed by atoms with van der Waals surface area (Å²) in [7, 11) is 0. The first-order valence-corrected chi connectivity index (χ1v) is 4.49. The van der Waals surface area contributed by atoms with E-state index in [2.05, 4.69) is 11.9 Å². The Balaban J connectivity index is 2.93. The van der Waals surface area contributed by atoms with Gasteiger partial charge < -0.3 is 0 Å². The summed E-state index contributed by atoms with van der Waals surface area (Å²) < 4.78 is -1.43. The van der Waals surface area contributed by atoms with Crippen molar-refractivity contribution in [3.8, 4) is 0 Å². The highest BCUT2D eigenvalue weighted by molar-refractivity contribution is 6.66. The lowest BCUT2D eigenvalue weighted by atomic mass is 10.2. The van der Waals surface area contributed by atoms with Crippen LogP contribution in [0.4, 0.5) is 0 Å². The molecule has 0 bridgehead atoms. The second kappa shape index (κ2) is 3.73. The Kier molecular flexibility index (Phi) is 3.10. The van der Waals surface area contributed by atoms with Crippen molar-refractivity contribution in [3.63, 3.8) is 0 Å². The zero-order valence-electron chi connectivity index (χ0n) is 6.23. The monoisotopic (exact) mass is 222 g/mol. The van der Waals surface area contributed by atoms with Gasteiger partial charge in [0.15, 0.2) is 0 Å². The summed E-state index contributed by atoms with van der Waals surface area (Å²) in [5, 5.41) is 0. The molecular weight excluding hydrogens is 216 g/mol. The van der Waals surface area contributed by atoms with Gasteiger partial charge in [-0.15, -0.1) is 0 Å². The van der Waals surface area contributed by atoms with Gasteiger partial charge in [-0.1, -0.05) is 40.9 Å². The lowest BCUT2D eigenvalue weighted by Gasteiger charge is -2.08. The predicted octanol–water partition coefficient (Wildman–Crippen LogP) is 3.28. The maximum absolute atomic E-state index is 5.61. The van der Waals surface area contributed by atoms with Gasteiger partial charge in [-0.05, 0) is 6.07 Å². The van der Waals surface area contributed by atoms with E-state index < -0.39 is 3.79 Å². The van der Waals surface area contributed by atoms with E-state index in [1.165, 1.54) is 0 Å². The third-order valence-electron chi connectivity index (χ3n) is 1.40. The number of rotatable bonds is 1. The highest BCUT2D eigenvalue weighted by atomic mass is 35.6. The van der Waals surface area contributed by atoms with E-state index in [0.717, 1.165) is 5.56 Å². The fourth-order valence-corrected chi connectivity index (χ4v) is 1.08. The smallest absolute Gasteiger partial charge is 0.232 e. The molecule has 0 atom stereocenters. The molecule has 1 heterocycles. The number of hydrogen-bond donors (Lipinski definition) is 0. The van der Waals surface area contributed by atoms with Crippen LogP contribution in [0, 0.1) is 6.92 Å². The van der Waals surface area contributed by atoms with E-state index in [9.17, 15) is 0 Å². The molecule has 0 spiro atoms. The van der Waals surface area contributed by atoms with E-state index in [1.54, 1.807) is 12.3 Å². The van der Waals surface area contributed by atoms with E-state index >= 15 is 0 Å². The quantitative estimate of drug-likeness (QED) is 0.526. The van der Waals surface area contributed by atoms with Crippen LogP contribution in [-0.2, 0) is 10.2 Å². The number of halogens is 3. The molecule has 0 unspecified atom stereocenters. The van der Waals surface area contributed by atoms with E-state index in [0.29, 0.717) is 12.1 Å². The summed E-state index contributed by atoms with van der Waals surface area (Å²) in [6.07, 6.45) is 2.34. The Morgan fingerprint density at radius 1 is 1.33 bits per heavy atom. The first-order chi connectivity index (χ1) is 5.54. The standard InChI is InChI=1S/C8H7Cl3N/c1-2-6-3-4-7(12-5-6)8(9,10)11/h3-5H,1-2H2/q+1. The molecule has 12 heavy (non-hydrogen) atoms. The molecule has 4 heteroatoms. The fraction of sp³-hybridized carbons (Fsp3) is 0.250. The molecule has 0 aliphatic carbocycles. The molecule has 1 aromatic rings. The van der Waals surface area contributed by atoms with Crippen molar-refractivity contribution in [2.45, 2.75) is 10.2 Å². The third-order valence-corrected chi connectivity index (χ3v) is 1.98. The lowest BCUT2D eigenvalue weighted by molar-refractivity contribution is 1.06. The first-order valence-electron chi connectivity index (χ1n) is 3.35. The summed E-state index contributed by atoms with van der Waals surface area (Å²) >= 11 is 16.8. The molecule has 0 N–H and O–H groups in total. The average molecular weight is 224 g/mol. The number of alkyl halides is 3. The molecule has 0 radical (unpaired) electrons. The van der Waals surface area contributed by atoms with Crippen molar-refractivity contribution >= 4 is 34.8 Å². The van der Waals surface area contributed by atoms with Crippen LogP contribution in [0.15, 0.2) is 18.3 Å². The van der Waals surface area contributed by atoms with Crippen LogP contribution in [0.3, 0.4) is 0 Å². The second-order valence-electron chi connectivity index (χ2n) is 2.30. The number of aromatic nitrogens is 1. The van der Waals surface area contributed by atoms with Gasteiger partial charge in [0.05, 0.1) is 12.6 Å². The molecule has 1 aromatic heterocycles. The number of hydrogen-bond acceptors (Lipinski definition) is 1. The first kappa shape index (κ1) is 9.97. The molecule has 0 saturated heterocycles. The number of nitrogens with zero attached hydrogens (tertiary/aromatic N) is 1. The van der Waals surface area contributed by atoms with Crippen LogP contribution in [0.25, 0.3) is 0 Å². The van der Waals surface area contributed by atoms with Crippen molar-refractivity contribution in [1.29, 1.82) is 0 Å². The molecule has 1 nitrogen and oxygen atoms in total. The van der Waals surface area contributed by atoms with Gasteiger partial charge >= 0.3 is 0 Å². The largest absolute Gasteiger partial charge is 0.256 e. The molecule has 64 valence electrons. The molecule has 0 amide bonds. The summed E-state index contributed by atoms with van der Waals surface area (Å²) in [6, 6.07) is 3.53. The van der Waals surface area contributed by atoms with Gasteiger partial charge in [0.1, 0.15) is 6.42 Å². The van der Waals surface area contributed by atoms with Crippen LogP contribution in [0.5, 0.6) is 0 Å².